The van der Waals surface area contributed by atoms with Crippen LogP contribution in [-0.2, 0) is 14.5 Å². The van der Waals surface area contributed by atoms with Crippen molar-refractivity contribution in [2.24, 2.45) is 0 Å². The fraction of sp³-hybridized carbons (Fsp3) is 0.136. The van der Waals surface area contributed by atoms with E-state index in [1.165, 1.54) is 0 Å². The van der Waals surface area contributed by atoms with Crippen LogP contribution in [0.25, 0.3) is 0 Å². The number of rotatable bonds is 6. The van der Waals surface area contributed by atoms with Gasteiger partial charge < -0.3 is 4.52 Å². The summed E-state index contributed by atoms with van der Waals surface area (Å²) < 4.78 is 5.71. The van der Waals surface area contributed by atoms with Crippen LogP contribution in [0.5, 0.6) is 0 Å². The van der Waals surface area contributed by atoms with E-state index < -0.39 is 5.16 Å². The fourth-order valence-corrected chi connectivity index (χ4v) is 4.21. The van der Waals surface area contributed by atoms with E-state index >= 15 is 0 Å². The molecule has 1 unspecified atom stereocenters. The molecule has 2 nitrogen and oxygen atoms in total. The molecule has 126 valence electrons. The lowest BCUT2D eigenvalue weighted by atomic mass is 9.84. The van der Waals surface area contributed by atoms with Crippen LogP contribution in [0.2, 0.25) is 0 Å². The van der Waals surface area contributed by atoms with Crippen LogP contribution in [-0.4, -0.2) is 5.97 Å². The molecule has 0 bridgehead atoms. The van der Waals surface area contributed by atoms with Crippen LogP contribution in [0.1, 0.15) is 30.0 Å². The van der Waals surface area contributed by atoms with Gasteiger partial charge in [-0.05, 0) is 16.7 Å². The third-order valence-electron chi connectivity index (χ3n) is 4.23. The van der Waals surface area contributed by atoms with Crippen molar-refractivity contribution in [2.75, 3.05) is 0 Å². The van der Waals surface area contributed by atoms with E-state index in [9.17, 15) is 4.79 Å². The Hall–Kier alpha value is -2.44. The minimum atomic E-state index is -0.505. The first kappa shape index (κ1) is 17.4. The standard InChI is InChI=1S/C22H21O2P/c1-2-21(23)24-25-22(18-12-6-3-7-13-18,19-14-8-4-9-15-19)20-16-10-5-11-17-20/h3-17,25H,2H2,1H3. The van der Waals surface area contributed by atoms with Crippen LogP contribution in [0.3, 0.4) is 0 Å². The van der Waals surface area contributed by atoms with Crippen LogP contribution in [0, 0.1) is 0 Å². The van der Waals surface area contributed by atoms with Gasteiger partial charge in [0.25, 0.3) is 0 Å². The maximum Gasteiger partial charge on any atom is 0.307 e. The first-order chi connectivity index (χ1) is 12.3. The zero-order valence-electron chi connectivity index (χ0n) is 14.2. The van der Waals surface area contributed by atoms with Gasteiger partial charge in [-0.2, -0.15) is 0 Å². The maximum absolute atomic E-state index is 11.9. The quantitative estimate of drug-likeness (QED) is 0.433. The second kappa shape index (κ2) is 8.09. The average Bonchev–Trinajstić information content (AvgIpc) is 2.71. The topological polar surface area (TPSA) is 26.3 Å². The lowest BCUT2D eigenvalue weighted by molar-refractivity contribution is -0.133. The summed E-state index contributed by atoms with van der Waals surface area (Å²) in [5.74, 6) is -0.175. The minimum absolute atomic E-state index is 0.0365. The van der Waals surface area contributed by atoms with Crippen LogP contribution >= 0.6 is 8.81 Å². The summed E-state index contributed by atoms with van der Waals surface area (Å²) in [5.41, 5.74) is 3.36. The predicted molar refractivity (Wildman–Crippen MR) is 104 cm³/mol. The Morgan fingerprint density at radius 3 is 1.44 bits per heavy atom. The largest absolute Gasteiger partial charge is 0.447 e. The maximum atomic E-state index is 11.9. The van der Waals surface area contributed by atoms with Crippen molar-refractivity contribution >= 4 is 14.8 Å². The van der Waals surface area contributed by atoms with Crippen molar-refractivity contribution in [1.29, 1.82) is 0 Å². The van der Waals surface area contributed by atoms with Crippen LogP contribution < -0.4 is 0 Å². The molecule has 1 atom stereocenters. The minimum Gasteiger partial charge on any atom is -0.447 e. The van der Waals surface area contributed by atoms with Crippen LogP contribution in [0.4, 0.5) is 0 Å². The van der Waals surface area contributed by atoms with Gasteiger partial charge in [0.1, 0.15) is 0 Å². The molecule has 0 N–H and O–H groups in total. The van der Waals surface area contributed by atoms with Gasteiger partial charge >= 0.3 is 5.97 Å². The molecule has 0 amide bonds. The first-order valence-corrected chi connectivity index (χ1v) is 9.31. The number of carbonyl (C=O) groups excluding carboxylic acids is 1. The van der Waals surface area contributed by atoms with Gasteiger partial charge in [0.15, 0.2) is 0 Å². The third kappa shape index (κ3) is 3.65. The molecule has 0 heterocycles. The predicted octanol–water partition coefficient (Wildman–Crippen LogP) is 5.53. The highest BCUT2D eigenvalue weighted by molar-refractivity contribution is 7.35. The normalized spacial score (nSPS) is 11.6. The van der Waals surface area contributed by atoms with E-state index in [0.717, 1.165) is 16.7 Å². The molecule has 3 aromatic carbocycles. The highest BCUT2D eigenvalue weighted by Gasteiger charge is 2.38. The first-order valence-electron chi connectivity index (χ1n) is 8.41. The molecule has 3 aromatic rings. The Morgan fingerprint density at radius 2 is 1.12 bits per heavy atom. The van der Waals surface area contributed by atoms with Crippen molar-refractivity contribution in [3.63, 3.8) is 0 Å². The van der Waals surface area contributed by atoms with E-state index in [4.69, 9.17) is 4.52 Å². The average molecular weight is 348 g/mol. The summed E-state index contributed by atoms with van der Waals surface area (Å²) in [6, 6.07) is 30.8. The van der Waals surface area contributed by atoms with Gasteiger partial charge in [-0.15, -0.1) is 0 Å². The van der Waals surface area contributed by atoms with Gasteiger partial charge in [-0.3, -0.25) is 4.79 Å². The monoisotopic (exact) mass is 348 g/mol. The summed E-state index contributed by atoms with van der Waals surface area (Å²) >= 11 is 0. The second-order valence-electron chi connectivity index (χ2n) is 5.78. The third-order valence-corrected chi connectivity index (χ3v) is 5.73. The molecule has 0 fully saturated rings. The SMILES string of the molecule is CCC(=O)OPC(c1ccccc1)(c1ccccc1)c1ccccc1. The highest BCUT2D eigenvalue weighted by atomic mass is 31.1. The molecular formula is C22H21O2P. The van der Waals surface area contributed by atoms with E-state index in [-0.39, 0.29) is 14.8 Å². The summed E-state index contributed by atoms with van der Waals surface area (Å²) in [5, 5.41) is -0.505. The Kier molecular flexibility index (Phi) is 5.63. The summed E-state index contributed by atoms with van der Waals surface area (Å²) in [6.07, 6.45) is 0.376. The van der Waals surface area contributed by atoms with Crippen molar-refractivity contribution in [1.82, 2.24) is 0 Å². The smallest absolute Gasteiger partial charge is 0.307 e. The van der Waals surface area contributed by atoms with Crippen molar-refractivity contribution in [3.8, 4) is 0 Å². The number of benzene rings is 3. The lowest BCUT2D eigenvalue weighted by Gasteiger charge is -2.34. The summed E-state index contributed by atoms with van der Waals surface area (Å²) in [7, 11) is -0.0365. The lowest BCUT2D eigenvalue weighted by Crippen LogP contribution is -2.25. The molecule has 0 radical (unpaired) electrons. The van der Waals surface area contributed by atoms with Gasteiger partial charge in [0.2, 0.25) is 0 Å². The van der Waals surface area contributed by atoms with Crippen molar-refractivity contribution < 1.29 is 9.32 Å². The number of carbonyl (C=O) groups is 1. The van der Waals surface area contributed by atoms with E-state index in [1.54, 1.807) is 0 Å². The van der Waals surface area contributed by atoms with Gasteiger partial charge in [0, 0.05) is 6.42 Å². The molecule has 25 heavy (non-hydrogen) atoms. The molecule has 0 spiro atoms. The van der Waals surface area contributed by atoms with Crippen LogP contribution in [0.15, 0.2) is 91.0 Å². The molecule has 0 aromatic heterocycles. The molecule has 3 heteroatoms. The van der Waals surface area contributed by atoms with Crippen molar-refractivity contribution in [3.05, 3.63) is 108 Å². The number of hydrogen-bond donors (Lipinski definition) is 0. The van der Waals surface area contributed by atoms with Gasteiger partial charge in [-0.25, -0.2) is 0 Å². The second-order valence-corrected chi connectivity index (χ2v) is 6.94. The summed E-state index contributed by atoms with van der Waals surface area (Å²) in [4.78, 5) is 11.9. The van der Waals surface area contributed by atoms with E-state index in [2.05, 4.69) is 36.4 Å². The fourth-order valence-electron chi connectivity index (χ4n) is 2.95. The molecule has 0 aliphatic rings. The van der Waals surface area contributed by atoms with Gasteiger partial charge in [0.05, 0.1) is 14.0 Å². The Labute approximate surface area is 150 Å². The van der Waals surface area contributed by atoms with E-state index in [1.807, 2.05) is 61.5 Å². The highest BCUT2D eigenvalue weighted by Crippen LogP contribution is 2.52. The Balaban J connectivity index is 2.22. The zero-order valence-corrected chi connectivity index (χ0v) is 15.2. The Bertz CT molecular complexity index is 705. The molecule has 0 aliphatic carbocycles. The molecule has 0 saturated heterocycles. The van der Waals surface area contributed by atoms with E-state index in [0.29, 0.717) is 6.42 Å². The number of hydrogen-bond acceptors (Lipinski definition) is 2. The Morgan fingerprint density at radius 1 is 0.760 bits per heavy atom. The molecule has 0 aliphatic heterocycles. The zero-order chi connectivity index (χ0) is 17.5. The molecular weight excluding hydrogens is 327 g/mol. The molecule has 3 rings (SSSR count). The summed E-state index contributed by atoms with van der Waals surface area (Å²) in [6.45, 7) is 1.82. The van der Waals surface area contributed by atoms with Gasteiger partial charge in [-0.1, -0.05) is 97.9 Å². The molecule has 0 saturated carbocycles. The van der Waals surface area contributed by atoms with Crippen molar-refractivity contribution in [2.45, 2.75) is 18.5 Å².